The average Bonchev–Trinajstić information content (AvgIpc) is 2.96. The van der Waals surface area contributed by atoms with E-state index >= 15 is 0 Å². The molecule has 0 radical (unpaired) electrons. The van der Waals surface area contributed by atoms with Crippen LogP contribution in [0.4, 0.5) is 0 Å². The van der Waals surface area contributed by atoms with E-state index in [0.29, 0.717) is 6.61 Å². The molecule has 2 aliphatic rings. The van der Waals surface area contributed by atoms with Gasteiger partial charge in [0.15, 0.2) is 0 Å². The first kappa shape index (κ1) is 14.0. The summed E-state index contributed by atoms with van der Waals surface area (Å²) in [6.07, 6.45) is 5.15. The molecule has 5 heteroatoms. The highest BCUT2D eigenvalue weighted by Gasteiger charge is 2.33. The molecule has 1 saturated heterocycles. The molecule has 2 heterocycles. The van der Waals surface area contributed by atoms with Crippen LogP contribution < -0.4 is 0 Å². The summed E-state index contributed by atoms with van der Waals surface area (Å²) in [5.74, 6) is 0. The number of aliphatic hydroxyl groups is 1. The van der Waals surface area contributed by atoms with E-state index in [-0.39, 0.29) is 0 Å². The van der Waals surface area contributed by atoms with Crippen LogP contribution >= 0.6 is 0 Å². The highest BCUT2D eigenvalue weighted by Crippen LogP contribution is 2.28. The lowest BCUT2D eigenvalue weighted by atomic mass is 9.92. The molecular weight excluding hydrogens is 254 g/mol. The van der Waals surface area contributed by atoms with Gasteiger partial charge < -0.3 is 9.84 Å². The van der Waals surface area contributed by atoms with Crippen LogP contribution in [-0.2, 0) is 31.2 Å². The Kier molecular flexibility index (Phi) is 3.84. The van der Waals surface area contributed by atoms with Gasteiger partial charge in [0.05, 0.1) is 23.6 Å². The quantitative estimate of drug-likeness (QED) is 0.889. The minimum absolute atomic E-state index is 0.446. The average molecular weight is 279 g/mol. The van der Waals surface area contributed by atoms with Crippen molar-refractivity contribution >= 4 is 0 Å². The van der Waals surface area contributed by atoms with Crippen LogP contribution in [0.15, 0.2) is 0 Å². The Bertz CT molecular complexity index is 476. The summed E-state index contributed by atoms with van der Waals surface area (Å²) in [6, 6.07) is 0. The first-order chi connectivity index (χ1) is 9.61. The lowest BCUT2D eigenvalue weighted by molar-refractivity contribution is -0.0721. The van der Waals surface area contributed by atoms with Gasteiger partial charge in [-0.2, -0.15) is 5.10 Å². The van der Waals surface area contributed by atoms with Crippen LogP contribution in [0.2, 0.25) is 0 Å². The molecule has 5 nitrogen and oxygen atoms in total. The Morgan fingerprint density at radius 1 is 1.30 bits per heavy atom. The van der Waals surface area contributed by atoms with Gasteiger partial charge in [-0.1, -0.05) is 0 Å². The first-order valence-electron chi connectivity index (χ1n) is 7.58. The minimum atomic E-state index is -0.625. The number of aromatic nitrogens is 2. The Hall–Kier alpha value is -0.910. The molecule has 0 saturated carbocycles. The Morgan fingerprint density at radius 2 is 2.05 bits per heavy atom. The zero-order valence-corrected chi connectivity index (χ0v) is 12.6. The van der Waals surface area contributed by atoms with E-state index in [1.165, 1.54) is 29.8 Å². The largest absolute Gasteiger partial charge is 0.387 e. The highest BCUT2D eigenvalue weighted by molar-refractivity contribution is 5.30. The maximum atomic E-state index is 10.4. The summed E-state index contributed by atoms with van der Waals surface area (Å²) in [5, 5.41) is 15.0. The third-order valence-electron chi connectivity index (χ3n) is 4.77. The van der Waals surface area contributed by atoms with Crippen LogP contribution in [0, 0.1) is 0 Å². The predicted molar refractivity (Wildman–Crippen MR) is 76.6 cm³/mol. The van der Waals surface area contributed by atoms with E-state index in [1.54, 1.807) is 7.11 Å². The van der Waals surface area contributed by atoms with Gasteiger partial charge in [-0.25, -0.2) is 0 Å². The molecule has 1 aromatic heterocycles. The molecule has 0 atom stereocenters. The third kappa shape index (κ3) is 2.62. The van der Waals surface area contributed by atoms with Crippen molar-refractivity contribution in [2.45, 2.75) is 44.2 Å². The van der Waals surface area contributed by atoms with Crippen LogP contribution in [0.1, 0.15) is 36.2 Å². The SMILES string of the molecule is COCC1(O)CCN(Cc2c3c(nn2C)CCC3)CC1. The Morgan fingerprint density at radius 3 is 2.75 bits per heavy atom. The fourth-order valence-electron chi connectivity index (χ4n) is 3.54. The van der Waals surface area contributed by atoms with Gasteiger partial charge in [-0.15, -0.1) is 0 Å². The molecule has 0 aromatic carbocycles. The van der Waals surface area contributed by atoms with E-state index in [9.17, 15) is 5.11 Å². The molecule has 0 unspecified atom stereocenters. The number of aryl methyl sites for hydroxylation is 2. The predicted octanol–water partition coefficient (Wildman–Crippen LogP) is 0.882. The second-order valence-corrected chi connectivity index (χ2v) is 6.28. The Labute approximate surface area is 120 Å². The Balaban J connectivity index is 1.63. The zero-order chi connectivity index (χ0) is 14.2. The molecule has 20 heavy (non-hydrogen) atoms. The third-order valence-corrected chi connectivity index (χ3v) is 4.77. The molecular formula is C15H25N3O2. The normalized spacial score (nSPS) is 22.1. The first-order valence-corrected chi connectivity index (χ1v) is 7.58. The van der Waals surface area contributed by atoms with Crippen LogP contribution in [0.3, 0.4) is 0 Å². The number of nitrogens with zero attached hydrogens (tertiary/aromatic N) is 3. The van der Waals surface area contributed by atoms with Crippen molar-refractivity contribution in [2.24, 2.45) is 7.05 Å². The van der Waals surface area contributed by atoms with Crippen molar-refractivity contribution in [3.8, 4) is 0 Å². The second-order valence-electron chi connectivity index (χ2n) is 6.28. The van der Waals surface area contributed by atoms with Gasteiger partial charge in [-0.05, 0) is 37.7 Å². The summed E-state index contributed by atoms with van der Waals surface area (Å²) in [5.41, 5.74) is 3.52. The van der Waals surface area contributed by atoms with Crippen LogP contribution in [0.5, 0.6) is 0 Å². The van der Waals surface area contributed by atoms with Gasteiger partial charge in [0.25, 0.3) is 0 Å². The van der Waals surface area contributed by atoms with Gasteiger partial charge in [0, 0.05) is 33.8 Å². The molecule has 1 aromatic rings. The smallest absolute Gasteiger partial charge is 0.0904 e. The van der Waals surface area contributed by atoms with Crippen molar-refractivity contribution in [1.29, 1.82) is 0 Å². The second kappa shape index (κ2) is 5.47. The van der Waals surface area contributed by atoms with Crippen molar-refractivity contribution in [1.82, 2.24) is 14.7 Å². The molecule has 0 amide bonds. The minimum Gasteiger partial charge on any atom is -0.387 e. The molecule has 0 bridgehead atoms. The van der Waals surface area contributed by atoms with Crippen LogP contribution in [-0.4, -0.2) is 52.2 Å². The monoisotopic (exact) mass is 279 g/mol. The van der Waals surface area contributed by atoms with Crippen molar-refractivity contribution < 1.29 is 9.84 Å². The molecule has 112 valence electrons. The fourth-order valence-corrected chi connectivity index (χ4v) is 3.54. The van der Waals surface area contributed by atoms with E-state index < -0.39 is 5.60 Å². The van der Waals surface area contributed by atoms with Gasteiger partial charge in [-0.3, -0.25) is 9.58 Å². The molecule has 1 fully saturated rings. The fraction of sp³-hybridized carbons (Fsp3) is 0.800. The maximum Gasteiger partial charge on any atom is 0.0904 e. The summed E-state index contributed by atoms with van der Waals surface area (Å²) in [4.78, 5) is 2.43. The lowest BCUT2D eigenvalue weighted by Gasteiger charge is -2.37. The van der Waals surface area contributed by atoms with Crippen molar-refractivity contribution in [3.63, 3.8) is 0 Å². The number of piperidine rings is 1. The standard InChI is InChI=1S/C15H25N3O2/c1-17-14(12-4-3-5-13(12)16-17)10-18-8-6-15(19,7-9-18)11-20-2/h19H,3-11H2,1-2H3. The zero-order valence-electron chi connectivity index (χ0n) is 12.6. The van der Waals surface area contributed by atoms with E-state index in [4.69, 9.17) is 4.74 Å². The van der Waals surface area contributed by atoms with Gasteiger partial charge >= 0.3 is 0 Å². The number of likely N-dealkylation sites (tertiary alicyclic amines) is 1. The number of rotatable bonds is 4. The summed E-state index contributed by atoms with van der Waals surface area (Å²) < 4.78 is 7.18. The van der Waals surface area contributed by atoms with Gasteiger partial charge in [0.1, 0.15) is 0 Å². The van der Waals surface area contributed by atoms with E-state index in [1.807, 2.05) is 0 Å². The molecule has 3 rings (SSSR count). The topological polar surface area (TPSA) is 50.5 Å². The van der Waals surface area contributed by atoms with Crippen molar-refractivity contribution in [2.75, 3.05) is 26.8 Å². The summed E-state index contributed by atoms with van der Waals surface area (Å²) in [6.45, 7) is 3.27. The van der Waals surface area contributed by atoms with Crippen molar-refractivity contribution in [3.05, 3.63) is 17.0 Å². The summed E-state index contributed by atoms with van der Waals surface area (Å²) in [7, 11) is 3.71. The van der Waals surface area contributed by atoms with Crippen LogP contribution in [0.25, 0.3) is 0 Å². The number of hydrogen-bond donors (Lipinski definition) is 1. The van der Waals surface area contributed by atoms with E-state index in [0.717, 1.165) is 38.9 Å². The number of fused-ring (bicyclic) bond motifs is 1. The maximum absolute atomic E-state index is 10.4. The highest BCUT2D eigenvalue weighted by atomic mass is 16.5. The number of methoxy groups -OCH3 is 1. The molecule has 0 spiro atoms. The number of hydrogen-bond acceptors (Lipinski definition) is 4. The molecule has 1 aliphatic carbocycles. The number of ether oxygens (including phenoxy) is 1. The van der Waals surface area contributed by atoms with E-state index in [2.05, 4.69) is 21.7 Å². The molecule has 1 aliphatic heterocycles. The lowest BCUT2D eigenvalue weighted by Crippen LogP contribution is -2.46. The van der Waals surface area contributed by atoms with Gasteiger partial charge in [0.2, 0.25) is 0 Å². The molecule has 1 N–H and O–H groups in total. The summed E-state index contributed by atoms with van der Waals surface area (Å²) >= 11 is 0.